The third kappa shape index (κ3) is 2.08. The summed E-state index contributed by atoms with van der Waals surface area (Å²) in [7, 11) is 0. The summed E-state index contributed by atoms with van der Waals surface area (Å²) >= 11 is 0. The molecule has 2 nitrogen and oxygen atoms in total. The second-order valence-electron chi connectivity index (χ2n) is 6.78. The van der Waals surface area contributed by atoms with Gasteiger partial charge in [-0.3, -0.25) is 4.98 Å². The molecule has 92 valence electrons. The van der Waals surface area contributed by atoms with Crippen molar-refractivity contribution in [3.8, 4) is 0 Å². The van der Waals surface area contributed by atoms with Crippen LogP contribution in [0.2, 0.25) is 0 Å². The summed E-state index contributed by atoms with van der Waals surface area (Å²) in [5, 5.41) is 1.30. The highest BCUT2D eigenvalue weighted by atomic mass is 14.8. The van der Waals surface area contributed by atoms with Gasteiger partial charge in [-0.1, -0.05) is 41.5 Å². The maximum absolute atomic E-state index is 4.54. The SMILES string of the molecule is CC(C)(C)c1c[nH]c2c(C(C)(C)C)nccc12. The van der Waals surface area contributed by atoms with Crippen LogP contribution in [0, 0.1) is 0 Å². The second-order valence-corrected chi connectivity index (χ2v) is 6.78. The number of aromatic nitrogens is 2. The third-order valence-corrected chi connectivity index (χ3v) is 3.12. The number of pyridine rings is 1. The van der Waals surface area contributed by atoms with Crippen LogP contribution in [0.15, 0.2) is 18.5 Å². The number of fused-ring (bicyclic) bond motifs is 1. The molecule has 17 heavy (non-hydrogen) atoms. The number of aromatic amines is 1. The largest absolute Gasteiger partial charge is 0.359 e. The van der Waals surface area contributed by atoms with Crippen molar-refractivity contribution >= 4 is 10.9 Å². The van der Waals surface area contributed by atoms with Crippen LogP contribution in [0.3, 0.4) is 0 Å². The van der Waals surface area contributed by atoms with Gasteiger partial charge in [0.25, 0.3) is 0 Å². The molecule has 0 amide bonds. The Balaban J connectivity index is 2.74. The van der Waals surface area contributed by atoms with Crippen LogP contribution in [0.5, 0.6) is 0 Å². The van der Waals surface area contributed by atoms with E-state index in [-0.39, 0.29) is 10.8 Å². The molecule has 2 aromatic heterocycles. The summed E-state index contributed by atoms with van der Waals surface area (Å²) in [5.74, 6) is 0. The highest BCUT2D eigenvalue weighted by Crippen LogP contribution is 2.33. The molecule has 0 unspecified atom stereocenters. The van der Waals surface area contributed by atoms with Gasteiger partial charge in [0.2, 0.25) is 0 Å². The van der Waals surface area contributed by atoms with Crippen molar-refractivity contribution in [1.82, 2.24) is 9.97 Å². The Labute approximate surface area is 103 Å². The van der Waals surface area contributed by atoms with Crippen molar-refractivity contribution < 1.29 is 0 Å². The van der Waals surface area contributed by atoms with Crippen molar-refractivity contribution in [1.29, 1.82) is 0 Å². The van der Waals surface area contributed by atoms with E-state index in [9.17, 15) is 0 Å². The second kappa shape index (κ2) is 3.59. The molecule has 0 bridgehead atoms. The summed E-state index contributed by atoms with van der Waals surface area (Å²) in [6, 6.07) is 2.11. The molecule has 0 saturated carbocycles. The smallest absolute Gasteiger partial charge is 0.0697 e. The van der Waals surface area contributed by atoms with Crippen LogP contribution in [-0.2, 0) is 10.8 Å². The predicted molar refractivity (Wildman–Crippen MR) is 73.5 cm³/mol. The molecule has 0 spiro atoms. The average Bonchev–Trinajstić information content (AvgIpc) is 2.57. The Kier molecular flexibility index (Phi) is 2.57. The zero-order valence-electron chi connectivity index (χ0n) is 11.7. The standard InChI is InChI=1S/C15H22N2/c1-14(2,3)11-9-17-12-10(11)7-8-16-13(12)15(4,5)6/h7-9,17H,1-6H3. The van der Waals surface area contributed by atoms with Gasteiger partial charge in [0.1, 0.15) is 0 Å². The topological polar surface area (TPSA) is 28.7 Å². The van der Waals surface area contributed by atoms with Gasteiger partial charge in [0.15, 0.2) is 0 Å². The predicted octanol–water partition coefficient (Wildman–Crippen LogP) is 4.16. The maximum Gasteiger partial charge on any atom is 0.0697 e. The van der Waals surface area contributed by atoms with Gasteiger partial charge in [0, 0.05) is 23.2 Å². The highest BCUT2D eigenvalue weighted by molar-refractivity contribution is 5.86. The summed E-state index contributed by atoms with van der Waals surface area (Å²) in [4.78, 5) is 7.95. The first kappa shape index (κ1) is 12.2. The molecule has 2 heteroatoms. The van der Waals surface area contributed by atoms with E-state index in [1.54, 1.807) is 0 Å². The fourth-order valence-electron chi connectivity index (χ4n) is 2.24. The van der Waals surface area contributed by atoms with Gasteiger partial charge in [-0.25, -0.2) is 0 Å². The fourth-order valence-corrected chi connectivity index (χ4v) is 2.24. The summed E-state index contributed by atoms with van der Waals surface area (Å²) in [6.45, 7) is 13.3. The van der Waals surface area contributed by atoms with E-state index in [1.165, 1.54) is 16.5 Å². The molecule has 0 aliphatic heterocycles. The third-order valence-electron chi connectivity index (χ3n) is 3.12. The highest BCUT2D eigenvalue weighted by Gasteiger charge is 2.23. The molecule has 0 aliphatic rings. The van der Waals surface area contributed by atoms with Crippen LogP contribution in [0.4, 0.5) is 0 Å². The lowest BCUT2D eigenvalue weighted by Gasteiger charge is -2.20. The molecule has 0 fully saturated rings. The van der Waals surface area contributed by atoms with E-state index in [4.69, 9.17) is 0 Å². The lowest BCUT2D eigenvalue weighted by atomic mass is 9.85. The normalized spacial score (nSPS) is 13.3. The number of hydrogen-bond acceptors (Lipinski definition) is 1. The summed E-state index contributed by atoms with van der Waals surface area (Å²) < 4.78 is 0. The van der Waals surface area contributed by atoms with E-state index in [1.807, 2.05) is 6.20 Å². The number of H-pyrrole nitrogens is 1. The number of hydrogen-bond donors (Lipinski definition) is 1. The quantitative estimate of drug-likeness (QED) is 0.723. The molecule has 1 N–H and O–H groups in total. The fraction of sp³-hybridized carbons (Fsp3) is 0.533. The number of nitrogens with zero attached hydrogens (tertiary/aromatic N) is 1. The Morgan fingerprint density at radius 1 is 1.00 bits per heavy atom. The van der Waals surface area contributed by atoms with Gasteiger partial charge >= 0.3 is 0 Å². The molecule has 0 aliphatic carbocycles. The van der Waals surface area contributed by atoms with Crippen LogP contribution in [0.25, 0.3) is 10.9 Å². The van der Waals surface area contributed by atoms with Crippen LogP contribution >= 0.6 is 0 Å². The minimum absolute atomic E-state index is 0.0690. The van der Waals surface area contributed by atoms with Gasteiger partial charge in [-0.05, 0) is 17.0 Å². The molecular weight excluding hydrogens is 208 g/mol. The number of rotatable bonds is 0. The lowest BCUT2D eigenvalue weighted by molar-refractivity contribution is 0.574. The molecule has 0 atom stereocenters. The van der Waals surface area contributed by atoms with Crippen LogP contribution < -0.4 is 0 Å². The minimum Gasteiger partial charge on any atom is -0.359 e. The van der Waals surface area contributed by atoms with Crippen molar-refractivity contribution in [2.45, 2.75) is 52.4 Å². The van der Waals surface area contributed by atoms with Gasteiger partial charge in [-0.2, -0.15) is 0 Å². The first-order valence-electron chi connectivity index (χ1n) is 6.18. The first-order valence-corrected chi connectivity index (χ1v) is 6.18. The van der Waals surface area contributed by atoms with E-state index >= 15 is 0 Å². The monoisotopic (exact) mass is 230 g/mol. The Morgan fingerprint density at radius 2 is 1.65 bits per heavy atom. The number of nitrogens with one attached hydrogen (secondary N) is 1. The van der Waals surface area contributed by atoms with Gasteiger partial charge in [-0.15, -0.1) is 0 Å². The Bertz CT molecular complexity index is 536. The minimum atomic E-state index is 0.0690. The van der Waals surface area contributed by atoms with Crippen LogP contribution in [0.1, 0.15) is 52.8 Å². The van der Waals surface area contributed by atoms with Gasteiger partial charge < -0.3 is 4.98 Å². The van der Waals surface area contributed by atoms with Crippen molar-refractivity contribution in [3.05, 3.63) is 29.7 Å². The van der Waals surface area contributed by atoms with E-state index in [0.717, 1.165) is 5.69 Å². The molecule has 2 aromatic rings. The van der Waals surface area contributed by atoms with Crippen molar-refractivity contribution in [2.24, 2.45) is 0 Å². The maximum atomic E-state index is 4.54. The zero-order chi connectivity index (χ0) is 12.8. The average molecular weight is 230 g/mol. The van der Waals surface area contributed by atoms with E-state index in [2.05, 4.69) is 63.8 Å². The van der Waals surface area contributed by atoms with E-state index < -0.39 is 0 Å². The lowest BCUT2D eigenvalue weighted by Crippen LogP contribution is -2.14. The van der Waals surface area contributed by atoms with Crippen molar-refractivity contribution in [3.63, 3.8) is 0 Å². The van der Waals surface area contributed by atoms with Gasteiger partial charge in [0.05, 0.1) is 11.2 Å². The molecular formula is C15H22N2. The summed E-state index contributed by atoms with van der Waals surface area (Å²) in [6.07, 6.45) is 4.05. The molecule has 0 radical (unpaired) electrons. The molecule has 2 rings (SSSR count). The molecule has 0 aromatic carbocycles. The molecule has 2 heterocycles. The van der Waals surface area contributed by atoms with E-state index in [0.29, 0.717) is 0 Å². The van der Waals surface area contributed by atoms with Crippen LogP contribution in [-0.4, -0.2) is 9.97 Å². The zero-order valence-corrected chi connectivity index (χ0v) is 11.7. The summed E-state index contributed by atoms with van der Waals surface area (Å²) in [5.41, 5.74) is 3.92. The molecule has 0 saturated heterocycles. The first-order chi connectivity index (χ1) is 7.71. The Morgan fingerprint density at radius 3 is 2.18 bits per heavy atom. The van der Waals surface area contributed by atoms with Crippen molar-refractivity contribution in [2.75, 3.05) is 0 Å². The Hall–Kier alpha value is -1.31.